The molecule has 9 heteroatoms. The van der Waals surface area contributed by atoms with Crippen LogP contribution in [0, 0.1) is 5.92 Å². The molecule has 1 saturated heterocycles. The number of hydrogen-bond donors (Lipinski definition) is 3. The molecule has 2 fully saturated rings. The maximum atomic E-state index is 12.1. The molecule has 2 aromatic rings. The van der Waals surface area contributed by atoms with Crippen LogP contribution in [0.15, 0.2) is 57.8 Å². The number of carbonyl (C=O) groups excluding carboxylic acids is 1. The van der Waals surface area contributed by atoms with E-state index in [-0.39, 0.29) is 17.4 Å². The third kappa shape index (κ3) is 7.11. The van der Waals surface area contributed by atoms with Gasteiger partial charge >= 0.3 is 11.9 Å². The van der Waals surface area contributed by atoms with Gasteiger partial charge in [-0.25, -0.2) is 9.59 Å². The van der Waals surface area contributed by atoms with E-state index in [1.54, 1.807) is 6.92 Å². The smallest absolute Gasteiger partial charge is 0.414 e. The van der Waals surface area contributed by atoms with Gasteiger partial charge in [-0.05, 0) is 86.3 Å². The van der Waals surface area contributed by atoms with Gasteiger partial charge in [0.2, 0.25) is 0 Å². The van der Waals surface area contributed by atoms with Crippen molar-refractivity contribution in [1.29, 1.82) is 0 Å². The van der Waals surface area contributed by atoms with Crippen LogP contribution in [0.25, 0.3) is 5.57 Å². The Morgan fingerprint density at radius 3 is 2.11 bits per heavy atom. The number of likely N-dealkylation sites (tertiary alicyclic amines) is 1. The second kappa shape index (κ2) is 13.2. The number of carboxylic acid groups (broad SMARTS) is 2. The van der Waals surface area contributed by atoms with Crippen LogP contribution in [0.1, 0.15) is 66.9 Å². The van der Waals surface area contributed by atoms with Crippen molar-refractivity contribution in [2.75, 3.05) is 19.6 Å². The SMILES string of the molecule is CC(=O)c1ccc2c(c1)C(=C1CCN(C[C@H]3CC[C@H](O)CC3)CC1)c1ccccc1S2.O.O=C(O)C(=O)O. The molecule has 2 aromatic carbocycles. The first kappa shape index (κ1) is 29.6. The molecule has 0 radical (unpaired) electrons. The van der Waals surface area contributed by atoms with Crippen molar-refractivity contribution < 1.29 is 35.2 Å². The maximum Gasteiger partial charge on any atom is 0.414 e. The van der Waals surface area contributed by atoms with Crippen molar-refractivity contribution in [2.45, 2.75) is 61.3 Å². The Labute approximate surface area is 226 Å². The van der Waals surface area contributed by atoms with Gasteiger partial charge in [0.05, 0.1) is 6.10 Å². The predicted molar refractivity (Wildman–Crippen MR) is 146 cm³/mol. The number of hydrogen-bond acceptors (Lipinski definition) is 6. The Morgan fingerprint density at radius 1 is 0.895 bits per heavy atom. The number of nitrogens with zero attached hydrogens (tertiary/aromatic N) is 1. The van der Waals surface area contributed by atoms with E-state index < -0.39 is 11.9 Å². The van der Waals surface area contributed by atoms with E-state index in [0.717, 1.165) is 63.1 Å². The largest absolute Gasteiger partial charge is 0.473 e. The number of rotatable bonds is 3. The minimum absolute atomic E-state index is 0. The topological polar surface area (TPSA) is 147 Å². The van der Waals surface area contributed by atoms with E-state index in [4.69, 9.17) is 19.8 Å². The maximum absolute atomic E-state index is 12.1. The average molecular weight is 542 g/mol. The van der Waals surface area contributed by atoms with Crippen LogP contribution in [0.4, 0.5) is 0 Å². The van der Waals surface area contributed by atoms with Gasteiger partial charge in [-0.3, -0.25) is 4.79 Å². The van der Waals surface area contributed by atoms with Gasteiger partial charge in [-0.15, -0.1) is 0 Å². The van der Waals surface area contributed by atoms with Gasteiger partial charge in [0.15, 0.2) is 5.78 Å². The lowest BCUT2D eigenvalue weighted by Gasteiger charge is -2.35. The number of fused-ring (bicyclic) bond motifs is 2. The molecule has 5 rings (SSSR count). The number of carboxylic acids is 2. The number of piperidine rings is 1. The van der Waals surface area contributed by atoms with E-state index >= 15 is 0 Å². The van der Waals surface area contributed by atoms with E-state index in [0.29, 0.717) is 0 Å². The molecule has 3 aliphatic rings. The third-order valence-electron chi connectivity index (χ3n) is 7.36. The van der Waals surface area contributed by atoms with E-state index in [9.17, 15) is 9.90 Å². The molecular formula is C29H35NO7S. The summed E-state index contributed by atoms with van der Waals surface area (Å²) in [6, 6.07) is 14.9. The minimum atomic E-state index is -1.82. The van der Waals surface area contributed by atoms with Crippen molar-refractivity contribution in [2.24, 2.45) is 5.92 Å². The number of Topliss-reactive ketones (excluding diaryl/α,β-unsaturated/α-hetero) is 1. The zero-order valence-corrected chi connectivity index (χ0v) is 22.3. The lowest BCUT2D eigenvalue weighted by molar-refractivity contribution is -0.159. The fourth-order valence-corrected chi connectivity index (χ4v) is 6.46. The van der Waals surface area contributed by atoms with E-state index in [2.05, 4.69) is 41.3 Å². The van der Waals surface area contributed by atoms with Crippen LogP contribution >= 0.6 is 11.8 Å². The second-order valence-corrected chi connectivity index (χ2v) is 11.0. The van der Waals surface area contributed by atoms with Gasteiger partial charge in [-0.2, -0.15) is 0 Å². The average Bonchev–Trinajstić information content (AvgIpc) is 2.89. The quantitative estimate of drug-likeness (QED) is 0.331. The minimum Gasteiger partial charge on any atom is -0.473 e. The number of ketones is 1. The van der Waals surface area contributed by atoms with Gasteiger partial charge in [0, 0.05) is 35.0 Å². The summed E-state index contributed by atoms with van der Waals surface area (Å²) in [6.07, 6.45) is 6.38. The first-order valence-electron chi connectivity index (χ1n) is 12.7. The summed E-state index contributed by atoms with van der Waals surface area (Å²) in [5.41, 5.74) is 6.26. The highest BCUT2D eigenvalue weighted by molar-refractivity contribution is 7.99. The van der Waals surface area contributed by atoms with Crippen molar-refractivity contribution in [3.8, 4) is 0 Å². The normalized spacial score (nSPS) is 20.7. The van der Waals surface area contributed by atoms with Crippen molar-refractivity contribution in [1.82, 2.24) is 4.90 Å². The van der Waals surface area contributed by atoms with E-state index in [1.165, 1.54) is 38.6 Å². The zero-order chi connectivity index (χ0) is 26.5. The molecule has 0 spiro atoms. The van der Waals surface area contributed by atoms with Crippen LogP contribution in [0.5, 0.6) is 0 Å². The Balaban J connectivity index is 0.000000516. The standard InChI is InChI=1S/C27H31NO2S.C2H2O4.H2O/c1-18(29)21-8-11-26-24(16-21)27(23-4-2-3-5-25(23)31-26)20-12-14-28(15-13-20)17-19-6-9-22(30)10-7-19;3-1(4)2(5)6;/h2-5,8,11,16,19,22,30H,6-7,9-10,12-15,17H2,1H3;(H,3,4)(H,5,6);1H2/t19-,22-;;. The summed E-state index contributed by atoms with van der Waals surface area (Å²) < 4.78 is 0. The molecule has 0 bridgehead atoms. The monoisotopic (exact) mass is 541 g/mol. The van der Waals surface area contributed by atoms with Crippen molar-refractivity contribution in [3.63, 3.8) is 0 Å². The number of aliphatic carboxylic acids is 2. The molecule has 8 nitrogen and oxygen atoms in total. The summed E-state index contributed by atoms with van der Waals surface area (Å²) in [5, 5.41) is 24.6. The fraction of sp³-hybridized carbons (Fsp3) is 0.414. The first-order valence-corrected chi connectivity index (χ1v) is 13.6. The molecule has 0 atom stereocenters. The number of carbonyl (C=O) groups is 3. The molecule has 38 heavy (non-hydrogen) atoms. The number of benzene rings is 2. The Morgan fingerprint density at radius 2 is 1.50 bits per heavy atom. The number of aliphatic hydroxyl groups is 1. The van der Waals surface area contributed by atoms with Crippen LogP contribution in [0.2, 0.25) is 0 Å². The number of aliphatic hydroxyl groups excluding tert-OH is 1. The van der Waals surface area contributed by atoms with Gasteiger partial charge in [0.25, 0.3) is 0 Å². The Hall–Kier alpha value is -2.98. The lowest BCUT2D eigenvalue weighted by Crippen LogP contribution is -2.36. The third-order valence-corrected chi connectivity index (χ3v) is 8.51. The zero-order valence-electron chi connectivity index (χ0n) is 21.5. The molecule has 1 aliphatic carbocycles. The highest BCUT2D eigenvalue weighted by Crippen LogP contribution is 2.48. The summed E-state index contributed by atoms with van der Waals surface area (Å²) in [4.78, 5) is 35.5. The molecule has 0 aromatic heterocycles. The lowest BCUT2D eigenvalue weighted by atomic mass is 9.85. The van der Waals surface area contributed by atoms with E-state index in [1.807, 2.05) is 17.8 Å². The Kier molecular flexibility index (Phi) is 10.3. The van der Waals surface area contributed by atoms with Crippen molar-refractivity contribution >= 4 is 35.1 Å². The van der Waals surface area contributed by atoms with Crippen LogP contribution in [-0.4, -0.2) is 69.2 Å². The molecular weight excluding hydrogens is 506 g/mol. The molecule has 0 unspecified atom stereocenters. The summed E-state index contributed by atoms with van der Waals surface area (Å²) >= 11 is 1.82. The highest BCUT2D eigenvalue weighted by atomic mass is 32.2. The molecule has 0 amide bonds. The van der Waals surface area contributed by atoms with Crippen LogP contribution in [-0.2, 0) is 9.59 Å². The molecule has 1 saturated carbocycles. The molecule has 2 heterocycles. The van der Waals surface area contributed by atoms with Crippen LogP contribution in [0.3, 0.4) is 0 Å². The van der Waals surface area contributed by atoms with Crippen molar-refractivity contribution in [3.05, 3.63) is 64.7 Å². The summed E-state index contributed by atoms with van der Waals surface area (Å²) in [6.45, 7) is 5.04. The summed E-state index contributed by atoms with van der Waals surface area (Å²) in [5.74, 6) is -2.78. The summed E-state index contributed by atoms with van der Waals surface area (Å²) in [7, 11) is 0. The van der Waals surface area contributed by atoms with Crippen LogP contribution < -0.4 is 0 Å². The molecule has 204 valence electrons. The fourth-order valence-electron chi connectivity index (χ4n) is 5.39. The second-order valence-electron chi connectivity index (χ2n) is 9.93. The highest BCUT2D eigenvalue weighted by Gasteiger charge is 2.28. The molecule has 5 N–H and O–H groups in total. The predicted octanol–water partition coefficient (Wildman–Crippen LogP) is 4.13. The molecule has 2 aliphatic heterocycles. The van der Waals surface area contributed by atoms with Gasteiger partial charge in [-0.1, -0.05) is 41.6 Å². The Bertz CT molecular complexity index is 1200. The van der Waals surface area contributed by atoms with Gasteiger partial charge < -0.3 is 25.7 Å². The first-order chi connectivity index (χ1) is 17.7. The van der Waals surface area contributed by atoms with Gasteiger partial charge in [0.1, 0.15) is 0 Å².